The molecule has 25 heavy (non-hydrogen) atoms. The van der Waals surface area contributed by atoms with E-state index >= 15 is 0 Å². The van der Waals surface area contributed by atoms with Crippen LogP contribution in [0.25, 0.3) is 0 Å². The van der Waals surface area contributed by atoms with Gasteiger partial charge in [-0.2, -0.15) is 0 Å². The van der Waals surface area contributed by atoms with Crippen molar-refractivity contribution in [2.24, 2.45) is 5.92 Å². The first-order chi connectivity index (χ1) is 12.1. The summed E-state index contributed by atoms with van der Waals surface area (Å²) in [7, 11) is 1.65. The fourth-order valence-corrected chi connectivity index (χ4v) is 2.48. The lowest BCUT2D eigenvalue weighted by Crippen LogP contribution is -2.34. The van der Waals surface area contributed by atoms with E-state index in [-0.39, 0.29) is 17.9 Å². The van der Waals surface area contributed by atoms with E-state index < -0.39 is 0 Å². The summed E-state index contributed by atoms with van der Waals surface area (Å²) < 4.78 is 16.5. The first-order valence-electron chi connectivity index (χ1n) is 8.63. The van der Waals surface area contributed by atoms with Crippen molar-refractivity contribution < 1.29 is 18.7 Å². The maximum Gasteiger partial charge on any atom is 0.223 e. The summed E-state index contributed by atoms with van der Waals surface area (Å²) >= 11 is 0. The highest BCUT2D eigenvalue weighted by molar-refractivity contribution is 5.78. The smallest absolute Gasteiger partial charge is 0.223 e. The minimum absolute atomic E-state index is 0.00758. The molecule has 0 aliphatic carbocycles. The van der Waals surface area contributed by atoms with Crippen LogP contribution in [0.15, 0.2) is 46.9 Å². The van der Waals surface area contributed by atoms with Crippen molar-refractivity contribution in [2.45, 2.75) is 32.7 Å². The highest BCUT2D eigenvalue weighted by Gasteiger charge is 2.21. The molecular weight excluding hydrogens is 318 g/mol. The lowest BCUT2D eigenvalue weighted by Gasteiger charge is -2.19. The summed E-state index contributed by atoms with van der Waals surface area (Å²) in [6, 6.07) is 13.2. The lowest BCUT2D eigenvalue weighted by molar-refractivity contribution is -0.125. The van der Waals surface area contributed by atoms with E-state index in [1.807, 2.05) is 56.3 Å². The Balaban J connectivity index is 1.84. The molecule has 0 saturated carbocycles. The molecule has 0 saturated heterocycles. The molecule has 0 unspecified atom stereocenters. The van der Waals surface area contributed by atoms with Gasteiger partial charge in [0.1, 0.15) is 17.3 Å². The summed E-state index contributed by atoms with van der Waals surface area (Å²) in [5, 5.41) is 3.06. The molecule has 1 heterocycles. The van der Waals surface area contributed by atoms with Crippen LogP contribution in [-0.2, 0) is 9.53 Å². The zero-order chi connectivity index (χ0) is 18.1. The van der Waals surface area contributed by atoms with E-state index in [4.69, 9.17) is 13.9 Å². The van der Waals surface area contributed by atoms with Crippen molar-refractivity contribution >= 4 is 5.91 Å². The van der Waals surface area contributed by atoms with Gasteiger partial charge in [-0.25, -0.2) is 0 Å². The molecule has 0 aliphatic heterocycles. The number of nitrogens with one attached hydrogen (secondary N) is 1. The number of para-hydroxylation sites is 1. The molecule has 5 nitrogen and oxygen atoms in total. The van der Waals surface area contributed by atoms with E-state index in [1.54, 1.807) is 7.11 Å². The summed E-state index contributed by atoms with van der Waals surface area (Å²) in [6.07, 6.45) is 1.32. The van der Waals surface area contributed by atoms with Crippen LogP contribution in [0.4, 0.5) is 0 Å². The van der Waals surface area contributed by atoms with Gasteiger partial charge in [-0.05, 0) is 44.0 Å². The minimum Gasteiger partial charge on any atom is -0.494 e. The maximum atomic E-state index is 12.5. The fraction of sp³-hybridized carbons (Fsp3) is 0.450. The van der Waals surface area contributed by atoms with Gasteiger partial charge in [-0.1, -0.05) is 25.1 Å². The molecule has 1 amide bonds. The highest BCUT2D eigenvalue weighted by atomic mass is 16.5. The monoisotopic (exact) mass is 345 g/mol. The molecule has 1 aromatic heterocycles. The second-order valence-electron chi connectivity index (χ2n) is 6.14. The van der Waals surface area contributed by atoms with Gasteiger partial charge in [0.05, 0.1) is 12.6 Å². The Kier molecular flexibility index (Phi) is 7.54. The predicted molar refractivity (Wildman–Crippen MR) is 96.5 cm³/mol. The molecule has 2 aromatic rings. The van der Waals surface area contributed by atoms with Crippen LogP contribution in [0, 0.1) is 12.8 Å². The largest absolute Gasteiger partial charge is 0.494 e. The van der Waals surface area contributed by atoms with E-state index in [0.717, 1.165) is 17.3 Å². The molecule has 2 rings (SSSR count). The number of hydrogen-bond acceptors (Lipinski definition) is 4. The number of amides is 1. The average molecular weight is 345 g/mol. The van der Waals surface area contributed by atoms with Crippen LogP contribution < -0.4 is 10.1 Å². The zero-order valence-electron chi connectivity index (χ0n) is 15.2. The van der Waals surface area contributed by atoms with Gasteiger partial charge in [0.2, 0.25) is 5.91 Å². The standard InChI is InChI=1S/C20H27NO4/c1-15(11-14-24-17-7-5-4-6-8-17)20(22)21-18(12-13-23-3)19-10-9-16(2)25-19/h4-10,15,18H,11-14H2,1-3H3,(H,21,22)/t15-,18-/m1/s1. The van der Waals surface area contributed by atoms with Crippen molar-refractivity contribution in [3.63, 3.8) is 0 Å². The van der Waals surface area contributed by atoms with Crippen molar-refractivity contribution in [2.75, 3.05) is 20.3 Å². The first-order valence-corrected chi connectivity index (χ1v) is 8.63. The van der Waals surface area contributed by atoms with Crippen molar-refractivity contribution in [1.29, 1.82) is 0 Å². The normalized spacial score (nSPS) is 13.2. The minimum atomic E-state index is -0.182. The second kappa shape index (κ2) is 9.89. The van der Waals surface area contributed by atoms with Crippen LogP contribution in [-0.4, -0.2) is 26.2 Å². The molecule has 5 heteroatoms. The van der Waals surface area contributed by atoms with Crippen LogP contribution in [0.3, 0.4) is 0 Å². The molecule has 0 bridgehead atoms. The number of ether oxygens (including phenoxy) is 2. The van der Waals surface area contributed by atoms with Gasteiger partial charge >= 0.3 is 0 Å². The maximum absolute atomic E-state index is 12.5. The molecule has 0 radical (unpaired) electrons. The number of aryl methyl sites for hydroxylation is 1. The topological polar surface area (TPSA) is 60.7 Å². The lowest BCUT2D eigenvalue weighted by atomic mass is 10.1. The molecule has 0 spiro atoms. The van der Waals surface area contributed by atoms with E-state index in [2.05, 4.69) is 5.32 Å². The number of carbonyl (C=O) groups is 1. The molecule has 1 N–H and O–H groups in total. The second-order valence-corrected chi connectivity index (χ2v) is 6.14. The number of hydrogen-bond donors (Lipinski definition) is 1. The number of methoxy groups -OCH3 is 1. The summed E-state index contributed by atoms with van der Waals surface area (Å²) in [5.74, 6) is 2.25. The van der Waals surface area contributed by atoms with E-state index in [1.165, 1.54) is 0 Å². The Morgan fingerprint density at radius 2 is 1.88 bits per heavy atom. The van der Waals surface area contributed by atoms with Gasteiger partial charge in [-0.15, -0.1) is 0 Å². The van der Waals surface area contributed by atoms with Crippen LogP contribution >= 0.6 is 0 Å². The molecule has 0 aliphatic rings. The van der Waals surface area contributed by atoms with Crippen molar-refractivity contribution in [3.05, 3.63) is 54.0 Å². The number of benzene rings is 1. The van der Waals surface area contributed by atoms with Gasteiger partial charge in [0.15, 0.2) is 0 Å². The summed E-state index contributed by atoms with van der Waals surface area (Å²) in [6.45, 7) is 4.85. The van der Waals surface area contributed by atoms with Crippen LogP contribution in [0.2, 0.25) is 0 Å². The van der Waals surface area contributed by atoms with E-state index in [0.29, 0.717) is 26.1 Å². The third-order valence-corrected chi connectivity index (χ3v) is 4.04. The van der Waals surface area contributed by atoms with Gasteiger partial charge in [0.25, 0.3) is 0 Å². The molecule has 136 valence electrons. The third-order valence-electron chi connectivity index (χ3n) is 4.04. The zero-order valence-corrected chi connectivity index (χ0v) is 15.2. The van der Waals surface area contributed by atoms with Crippen LogP contribution in [0.5, 0.6) is 5.75 Å². The Bertz CT molecular complexity index is 638. The molecule has 1 aromatic carbocycles. The number of rotatable bonds is 10. The molecule has 0 fully saturated rings. The van der Waals surface area contributed by atoms with Crippen molar-refractivity contribution in [3.8, 4) is 5.75 Å². The Labute approximate surface area is 149 Å². The first kappa shape index (κ1) is 19.1. The van der Waals surface area contributed by atoms with Crippen LogP contribution in [0.1, 0.15) is 37.3 Å². The molecular formula is C20H27NO4. The Morgan fingerprint density at radius 1 is 1.12 bits per heavy atom. The highest BCUT2D eigenvalue weighted by Crippen LogP contribution is 2.20. The Morgan fingerprint density at radius 3 is 2.52 bits per heavy atom. The average Bonchev–Trinajstić information content (AvgIpc) is 3.05. The van der Waals surface area contributed by atoms with Gasteiger partial charge < -0.3 is 19.2 Å². The van der Waals surface area contributed by atoms with Gasteiger partial charge in [0, 0.05) is 19.6 Å². The third kappa shape index (κ3) is 6.27. The SMILES string of the molecule is COCC[C@@H](NC(=O)[C@H](C)CCOc1ccccc1)c1ccc(C)o1. The predicted octanol–water partition coefficient (Wildman–Crippen LogP) is 3.89. The molecule has 2 atom stereocenters. The summed E-state index contributed by atoms with van der Waals surface area (Å²) in [5.41, 5.74) is 0. The fourth-order valence-electron chi connectivity index (χ4n) is 2.48. The Hall–Kier alpha value is -2.27. The number of carbonyl (C=O) groups excluding carboxylic acids is 1. The quantitative estimate of drug-likeness (QED) is 0.710. The van der Waals surface area contributed by atoms with Gasteiger partial charge in [-0.3, -0.25) is 4.79 Å². The van der Waals surface area contributed by atoms with Crippen molar-refractivity contribution in [1.82, 2.24) is 5.32 Å². The van der Waals surface area contributed by atoms with E-state index in [9.17, 15) is 4.79 Å². The number of furan rings is 1. The summed E-state index contributed by atoms with van der Waals surface area (Å²) in [4.78, 5) is 12.5.